The van der Waals surface area contributed by atoms with Gasteiger partial charge in [-0.1, -0.05) is 48.5 Å². The van der Waals surface area contributed by atoms with Crippen LogP contribution in [0.4, 0.5) is 5.69 Å². The first-order chi connectivity index (χ1) is 13.1. The van der Waals surface area contributed by atoms with E-state index in [0.717, 1.165) is 12.2 Å². The van der Waals surface area contributed by atoms with Gasteiger partial charge in [0.2, 0.25) is 11.8 Å². The number of benzene rings is 2. The lowest BCUT2D eigenvalue weighted by atomic mass is 10.0. The normalized spacial score (nSPS) is 23.7. The summed E-state index contributed by atoms with van der Waals surface area (Å²) in [5.41, 5.74) is 2.10. The van der Waals surface area contributed by atoms with Crippen molar-refractivity contribution in [2.75, 3.05) is 38.1 Å². The molecule has 2 aliphatic rings. The maximum atomic E-state index is 13.1. The molecule has 27 heavy (non-hydrogen) atoms. The quantitative estimate of drug-likeness (QED) is 0.842. The monoisotopic (exact) mass is 363 g/mol. The fourth-order valence-electron chi connectivity index (χ4n) is 4.10. The number of para-hydroxylation sites is 1. The molecule has 140 valence electrons. The van der Waals surface area contributed by atoms with E-state index in [1.165, 1.54) is 5.56 Å². The maximum absolute atomic E-state index is 13.1. The number of carbonyl (C=O) groups is 2. The number of carbonyl (C=O) groups excluding carboxylic acids is 2. The van der Waals surface area contributed by atoms with E-state index in [4.69, 9.17) is 0 Å². The molecule has 2 unspecified atom stereocenters. The molecule has 2 atom stereocenters. The van der Waals surface area contributed by atoms with E-state index >= 15 is 0 Å². The molecule has 0 aliphatic carbocycles. The summed E-state index contributed by atoms with van der Waals surface area (Å²) in [6.07, 6.45) is 0.302. The van der Waals surface area contributed by atoms with Crippen LogP contribution in [0.3, 0.4) is 0 Å². The van der Waals surface area contributed by atoms with Crippen LogP contribution >= 0.6 is 0 Å². The van der Waals surface area contributed by atoms with Crippen LogP contribution in [0.5, 0.6) is 0 Å². The van der Waals surface area contributed by atoms with Gasteiger partial charge in [-0.05, 0) is 24.7 Å². The van der Waals surface area contributed by atoms with Crippen LogP contribution in [0.1, 0.15) is 18.0 Å². The number of rotatable bonds is 3. The highest BCUT2D eigenvalue weighted by atomic mass is 16.2. The van der Waals surface area contributed by atoms with E-state index < -0.39 is 0 Å². The standard InChI is InChI=1S/C22H25N3O2/c1-23-12-13-24(16-20(23)17-8-4-2-5-9-17)22(27)18-14-21(26)25(15-18)19-10-6-3-7-11-19/h2-11,18,20H,12-16H2,1H3. The molecule has 5 nitrogen and oxygen atoms in total. The molecule has 0 radical (unpaired) electrons. The highest BCUT2D eigenvalue weighted by Gasteiger charge is 2.39. The van der Waals surface area contributed by atoms with Gasteiger partial charge >= 0.3 is 0 Å². The SMILES string of the molecule is CN1CCN(C(=O)C2CC(=O)N(c3ccccc3)C2)CC1c1ccccc1. The number of hydrogen-bond donors (Lipinski definition) is 0. The Labute approximate surface area is 160 Å². The van der Waals surface area contributed by atoms with Crippen molar-refractivity contribution in [1.82, 2.24) is 9.80 Å². The molecule has 2 aromatic rings. The van der Waals surface area contributed by atoms with E-state index in [1.54, 1.807) is 4.90 Å². The van der Waals surface area contributed by atoms with Gasteiger partial charge in [-0.15, -0.1) is 0 Å². The minimum Gasteiger partial charge on any atom is -0.339 e. The average Bonchev–Trinajstić information content (AvgIpc) is 3.11. The molecule has 0 saturated carbocycles. The molecule has 2 heterocycles. The highest BCUT2D eigenvalue weighted by Crippen LogP contribution is 2.29. The van der Waals surface area contributed by atoms with E-state index in [2.05, 4.69) is 24.1 Å². The summed E-state index contributed by atoms with van der Waals surface area (Å²) in [5, 5.41) is 0. The molecular weight excluding hydrogens is 338 g/mol. The number of hydrogen-bond acceptors (Lipinski definition) is 3. The third-order valence-electron chi connectivity index (χ3n) is 5.69. The fraction of sp³-hybridized carbons (Fsp3) is 0.364. The van der Waals surface area contributed by atoms with Crippen molar-refractivity contribution in [2.45, 2.75) is 12.5 Å². The molecule has 0 bridgehead atoms. The van der Waals surface area contributed by atoms with Crippen molar-refractivity contribution in [3.05, 3.63) is 66.2 Å². The Morgan fingerprint density at radius 1 is 0.926 bits per heavy atom. The molecule has 2 saturated heterocycles. The third-order valence-corrected chi connectivity index (χ3v) is 5.69. The Kier molecular flexibility index (Phi) is 4.94. The lowest BCUT2D eigenvalue weighted by molar-refractivity contribution is -0.138. The minimum absolute atomic E-state index is 0.0355. The first-order valence-corrected chi connectivity index (χ1v) is 9.53. The number of anilines is 1. The third kappa shape index (κ3) is 3.60. The van der Waals surface area contributed by atoms with Gasteiger partial charge in [0.15, 0.2) is 0 Å². The molecule has 2 fully saturated rings. The molecule has 0 aromatic heterocycles. The second-order valence-corrected chi connectivity index (χ2v) is 7.43. The molecule has 5 heteroatoms. The second kappa shape index (κ2) is 7.53. The highest BCUT2D eigenvalue weighted by molar-refractivity contribution is 6.00. The first-order valence-electron chi connectivity index (χ1n) is 9.53. The first kappa shape index (κ1) is 17.7. The summed E-state index contributed by atoms with van der Waals surface area (Å²) in [6.45, 7) is 2.71. The number of piperazine rings is 1. The van der Waals surface area contributed by atoms with Crippen molar-refractivity contribution < 1.29 is 9.59 Å². The van der Waals surface area contributed by atoms with E-state index in [0.29, 0.717) is 26.1 Å². The number of nitrogens with zero attached hydrogens (tertiary/aromatic N) is 3. The summed E-state index contributed by atoms with van der Waals surface area (Å²) in [6, 6.07) is 20.1. The predicted molar refractivity (Wildman–Crippen MR) is 105 cm³/mol. The zero-order valence-corrected chi connectivity index (χ0v) is 15.6. The summed E-state index contributed by atoms with van der Waals surface area (Å²) in [5.74, 6) is -0.110. The summed E-state index contributed by atoms with van der Waals surface area (Å²) < 4.78 is 0. The molecular formula is C22H25N3O2. The molecule has 2 amide bonds. The second-order valence-electron chi connectivity index (χ2n) is 7.43. The Balaban J connectivity index is 1.46. The van der Waals surface area contributed by atoms with Crippen molar-refractivity contribution in [1.29, 1.82) is 0 Å². The summed E-state index contributed by atoms with van der Waals surface area (Å²) in [7, 11) is 2.11. The van der Waals surface area contributed by atoms with Gasteiger partial charge in [-0.3, -0.25) is 14.5 Å². The smallest absolute Gasteiger partial charge is 0.228 e. The van der Waals surface area contributed by atoms with Gasteiger partial charge in [0.05, 0.1) is 12.0 Å². The molecule has 0 spiro atoms. The van der Waals surface area contributed by atoms with Crippen molar-refractivity contribution in [3.63, 3.8) is 0 Å². The van der Waals surface area contributed by atoms with Gasteiger partial charge in [0.1, 0.15) is 0 Å². The van der Waals surface area contributed by atoms with Crippen molar-refractivity contribution in [3.8, 4) is 0 Å². The van der Waals surface area contributed by atoms with Crippen LogP contribution in [0.2, 0.25) is 0 Å². The Bertz CT molecular complexity index is 809. The van der Waals surface area contributed by atoms with Crippen molar-refractivity contribution >= 4 is 17.5 Å². The zero-order chi connectivity index (χ0) is 18.8. The van der Waals surface area contributed by atoms with Crippen LogP contribution < -0.4 is 4.90 Å². The molecule has 2 aliphatic heterocycles. The van der Waals surface area contributed by atoms with E-state index in [1.807, 2.05) is 53.4 Å². The molecule has 0 N–H and O–H groups in total. The Morgan fingerprint density at radius 3 is 2.30 bits per heavy atom. The molecule has 4 rings (SSSR count). The largest absolute Gasteiger partial charge is 0.339 e. The topological polar surface area (TPSA) is 43.9 Å². The van der Waals surface area contributed by atoms with Gasteiger partial charge in [0.25, 0.3) is 0 Å². The fourth-order valence-corrected chi connectivity index (χ4v) is 4.10. The van der Waals surface area contributed by atoms with Crippen LogP contribution in [0.15, 0.2) is 60.7 Å². The van der Waals surface area contributed by atoms with E-state index in [9.17, 15) is 9.59 Å². The summed E-state index contributed by atoms with van der Waals surface area (Å²) in [4.78, 5) is 31.6. The Hall–Kier alpha value is -2.66. The van der Waals surface area contributed by atoms with Gasteiger partial charge < -0.3 is 9.80 Å². The average molecular weight is 363 g/mol. The van der Waals surface area contributed by atoms with E-state index in [-0.39, 0.29) is 23.8 Å². The van der Waals surface area contributed by atoms with Crippen LogP contribution in [0, 0.1) is 5.92 Å². The summed E-state index contributed by atoms with van der Waals surface area (Å²) >= 11 is 0. The maximum Gasteiger partial charge on any atom is 0.228 e. The van der Waals surface area contributed by atoms with Crippen LogP contribution in [-0.2, 0) is 9.59 Å². The lowest BCUT2D eigenvalue weighted by Crippen LogP contribution is -2.50. The Morgan fingerprint density at radius 2 is 1.59 bits per heavy atom. The lowest BCUT2D eigenvalue weighted by Gasteiger charge is -2.40. The van der Waals surface area contributed by atoms with Crippen LogP contribution in [-0.4, -0.2) is 54.8 Å². The van der Waals surface area contributed by atoms with Gasteiger partial charge in [-0.2, -0.15) is 0 Å². The minimum atomic E-state index is -0.252. The van der Waals surface area contributed by atoms with Gasteiger partial charge in [0, 0.05) is 38.3 Å². The zero-order valence-electron chi connectivity index (χ0n) is 15.6. The predicted octanol–water partition coefficient (Wildman–Crippen LogP) is 2.55. The number of likely N-dealkylation sites (N-methyl/N-ethyl adjacent to an activating group) is 1. The van der Waals surface area contributed by atoms with Gasteiger partial charge in [-0.25, -0.2) is 0 Å². The van der Waals surface area contributed by atoms with Crippen LogP contribution in [0.25, 0.3) is 0 Å². The van der Waals surface area contributed by atoms with Crippen molar-refractivity contribution in [2.24, 2.45) is 5.92 Å². The number of amides is 2. The molecule has 2 aromatic carbocycles.